The fraction of sp³-hybridized carbons (Fsp3) is 0.393. The minimum atomic E-state index is -0.870. The van der Waals surface area contributed by atoms with Crippen LogP contribution in [0.25, 0.3) is 6.08 Å². The van der Waals surface area contributed by atoms with Crippen molar-refractivity contribution in [1.29, 1.82) is 0 Å². The molecular formula is C28H34O7. The molecule has 0 spiro atoms. The molecule has 0 aliphatic heterocycles. The van der Waals surface area contributed by atoms with Crippen molar-refractivity contribution < 1.29 is 28.6 Å². The number of rotatable bonds is 13. The molecule has 0 saturated carbocycles. The van der Waals surface area contributed by atoms with Crippen LogP contribution in [0.4, 0.5) is 0 Å². The van der Waals surface area contributed by atoms with Crippen LogP contribution in [0, 0.1) is 0 Å². The number of esters is 1. The van der Waals surface area contributed by atoms with Gasteiger partial charge in [-0.3, -0.25) is 9.59 Å². The maximum atomic E-state index is 12.9. The number of methoxy groups -OCH3 is 1. The van der Waals surface area contributed by atoms with E-state index >= 15 is 0 Å². The molecule has 2 aromatic rings. The molecule has 0 amide bonds. The lowest BCUT2D eigenvalue weighted by molar-refractivity contribution is -0.139. The van der Waals surface area contributed by atoms with Gasteiger partial charge in [-0.15, -0.1) is 0 Å². The zero-order valence-corrected chi connectivity index (χ0v) is 20.8. The van der Waals surface area contributed by atoms with Gasteiger partial charge in [0.25, 0.3) is 0 Å². The van der Waals surface area contributed by atoms with E-state index in [1.54, 1.807) is 19.1 Å². The molecular weight excluding hydrogens is 448 g/mol. The lowest BCUT2D eigenvalue weighted by Gasteiger charge is -2.11. The number of carbonyl (C=O) groups is 2. The number of hydrogen-bond acceptors (Lipinski definition) is 7. The van der Waals surface area contributed by atoms with Crippen LogP contribution in [0.15, 0.2) is 57.3 Å². The van der Waals surface area contributed by atoms with Crippen molar-refractivity contribution in [2.45, 2.75) is 58.8 Å². The Balaban J connectivity index is 2.07. The topological polar surface area (TPSA) is 103 Å². The van der Waals surface area contributed by atoms with E-state index < -0.39 is 17.2 Å². The van der Waals surface area contributed by atoms with E-state index in [9.17, 15) is 19.5 Å². The van der Waals surface area contributed by atoms with Crippen LogP contribution >= 0.6 is 0 Å². The smallest absolute Gasteiger partial charge is 0.351 e. The Morgan fingerprint density at radius 2 is 1.89 bits per heavy atom. The molecule has 35 heavy (non-hydrogen) atoms. The average Bonchev–Trinajstić information content (AvgIpc) is 2.84. The average molecular weight is 483 g/mol. The number of ketones is 1. The van der Waals surface area contributed by atoms with Crippen LogP contribution in [-0.2, 0) is 9.53 Å². The molecule has 1 unspecified atom stereocenters. The summed E-state index contributed by atoms with van der Waals surface area (Å²) in [7, 11) is 1.33. The van der Waals surface area contributed by atoms with Crippen LogP contribution in [0.1, 0.15) is 80.5 Å². The summed E-state index contributed by atoms with van der Waals surface area (Å²) >= 11 is 0. The SMILES string of the molecule is CCCCOc1ccc(C=C(C)C(=O)c2c(O)cc(C(C)CC/C=C/CC(=O)OC)oc2=O)cc1. The van der Waals surface area contributed by atoms with Gasteiger partial charge in [-0.25, -0.2) is 4.79 Å². The van der Waals surface area contributed by atoms with Crippen LogP contribution < -0.4 is 10.4 Å². The van der Waals surface area contributed by atoms with Crippen molar-refractivity contribution >= 4 is 17.8 Å². The Morgan fingerprint density at radius 3 is 2.51 bits per heavy atom. The molecule has 1 N–H and O–H groups in total. The number of carbonyl (C=O) groups excluding carboxylic acids is 2. The van der Waals surface area contributed by atoms with Gasteiger partial charge >= 0.3 is 11.6 Å². The van der Waals surface area contributed by atoms with Gasteiger partial charge in [0.05, 0.1) is 20.1 Å². The van der Waals surface area contributed by atoms with Gasteiger partial charge in [0.1, 0.15) is 22.8 Å². The van der Waals surface area contributed by atoms with Crippen LogP contribution in [0.2, 0.25) is 0 Å². The van der Waals surface area contributed by atoms with Crippen LogP contribution in [0.3, 0.4) is 0 Å². The Hall–Kier alpha value is -3.61. The summed E-state index contributed by atoms with van der Waals surface area (Å²) in [5, 5.41) is 10.5. The number of aromatic hydroxyl groups is 1. The van der Waals surface area contributed by atoms with Gasteiger partial charge in [-0.05, 0) is 55.5 Å². The molecule has 7 nitrogen and oxygen atoms in total. The molecule has 1 heterocycles. The molecule has 0 bridgehead atoms. The van der Waals surface area contributed by atoms with E-state index in [0.717, 1.165) is 24.2 Å². The predicted molar refractivity (Wildman–Crippen MR) is 135 cm³/mol. The highest BCUT2D eigenvalue weighted by molar-refractivity contribution is 6.12. The van der Waals surface area contributed by atoms with Crippen LogP contribution in [-0.4, -0.2) is 30.6 Å². The normalized spacial score (nSPS) is 12.5. The number of hydrogen-bond donors (Lipinski definition) is 1. The standard InChI is InChI=1S/C28H34O7/c1-5-6-16-34-22-14-12-21(13-15-22)17-20(3)27(31)26-23(29)18-24(35-28(26)32)19(2)10-8-7-9-11-25(30)33-4/h7,9,12-15,17-19,29H,5-6,8,10-11,16H2,1-4H3/b9-7+,20-17?. The Labute approximate surface area is 206 Å². The molecule has 188 valence electrons. The highest BCUT2D eigenvalue weighted by Gasteiger charge is 2.22. The second kappa shape index (κ2) is 13.9. The zero-order chi connectivity index (χ0) is 25.8. The van der Waals surface area contributed by atoms with Crippen molar-refractivity contribution in [1.82, 2.24) is 0 Å². The first-order chi connectivity index (χ1) is 16.8. The van der Waals surface area contributed by atoms with Gasteiger partial charge in [0, 0.05) is 12.0 Å². The molecule has 0 fully saturated rings. The lowest BCUT2D eigenvalue weighted by atomic mass is 9.99. The molecule has 0 aliphatic rings. The summed E-state index contributed by atoms with van der Waals surface area (Å²) in [5.41, 5.74) is -0.186. The maximum Gasteiger partial charge on any atom is 0.351 e. The third-order valence-corrected chi connectivity index (χ3v) is 5.50. The molecule has 0 radical (unpaired) electrons. The second-order valence-corrected chi connectivity index (χ2v) is 8.35. The van der Waals surface area contributed by atoms with Gasteiger partial charge in [-0.2, -0.15) is 0 Å². The largest absolute Gasteiger partial charge is 0.507 e. The van der Waals surface area contributed by atoms with E-state index in [1.165, 1.54) is 13.2 Å². The Bertz CT molecular complexity index is 1110. The summed E-state index contributed by atoms with van der Waals surface area (Å²) in [6, 6.07) is 8.63. The fourth-order valence-corrected chi connectivity index (χ4v) is 3.33. The summed E-state index contributed by atoms with van der Waals surface area (Å²) < 4.78 is 15.6. The van der Waals surface area contributed by atoms with Crippen molar-refractivity contribution in [2.24, 2.45) is 0 Å². The van der Waals surface area contributed by atoms with E-state index in [4.69, 9.17) is 9.15 Å². The molecule has 0 aliphatic carbocycles. The first-order valence-electron chi connectivity index (χ1n) is 11.8. The van der Waals surface area contributed by atoms with Crippen molar-refractivity contribution in [2.75, 3.05) is 13.7 Å². The minimum Gasteiger partial charge on any atom is -0.507 e. The Kier molecular flexibility index (Phi) is 11.0. The number of unbranched alkanes of at least 4 members (excludes halogenated alkanes) is 1. The van der Waals surface area contributed by atoms with Crippen molar-refractivity contribution in [3.05, 3.63) is 75.4 Å². The number of ether oxygens (including phenoxy) is 2. The fourth-order valence-electron chi connectivity index (χ4n) is 3.33. The first kappa shape index (κ1) is 27.6. The third kappa shape index (κ3) is 8.59. The van der Waals surface area contributed by atoms with Crippen molar-refractivity contribution in [3.63, 3.8) is 0 Å². The predicted octanol–water partition coefficient (Wildman–Crippen LogP) is 5.81. The summed E-state index contributed by atoms with van der Waals surface area (Å²) in [5.74, 6) is -0.433. The van der Waals surface area contributed by atoms with E-state index in [0.29, 0.717) is 30.8 Å². The quantitative estimate of drug-likeness (QED) is 0.126. The molecule has 1 atom stereocenters. The highest BCUT2D eigenvalue weighted by Crippen LogP contribution is 2.26. The van der Waals surface area contributed by atoms with E-state index in [2.05, 4.69) is 11.7 Å². The molecule has 0 saturated heterocycles. The zero-order valence-electron chi connectivity index (χ0n) is 20.8. The molecule has 2 rings (SSSR count). The summed E-state index contributed by atoms with van der Waals surface area (Å²) in [6.45, 7) is 6.19. The lowest BCUT2D eigenvalue weighted by Crippen LogP contribution is -2.16. The number of benzene rings is 1. The molecule has 1 aromatic heterocycles. The number of allylic oxidation sites excluding steroid dienone is 2. The monoisotopic (exact) mass is 482 g/mol. The van der Waals surface area contributed by atoms with Gasteiger partial charge in [0.15, 0.2) is 5.78 Å². The summed E-state index contributed by atoms with van der Waals surface area (Å²) in [6.07, 6.45) is 8.72. The molecule has 7 heteroatoms. The highest BCUT2D eigenvalue weighted by atomic mass is 16.5. The second-order valence-electron chi connectivity index (χ2n) is 8.35. The Morgan fingerprint density at radius 1 is 1.17 bits per heavy atom. The minimum absolute atomic E-state index is 0.171. The third-order valence-electron chi connectivity index (χ3n) is 5.50. The van der Waals surface area contributed by atoms with Gasteiger partial charge in [0.2, 0.25) is 0 Å². The van der Waals surface area contributed by atoms with Gasteiger partial charge in [-0.1, -0.05) is 44.6 Å². The molecule has 1 aromatic carbocycles. The number of Topliss-reactive ketones (excluding diaryl/α,β-unsaturated/α-hetero) is 1. The van der Waals surface area contributed by atoms with E-state index in [-0.39, 0.29) is 23.9 Å². The first-order valence-corrected chi connectivity index (χ1v) is 11.8. The van der Waals surface area contributed by atoms with Gasteiger partial charge < -0.3 is 19.0 Å². The maximum absolute atomic E-state index is 12.9. The van der Waals surface area contributed by atoms with E-state index in [1.807, 2.05) is 37.3 Å². The van der Waals surface area contributed by atoms with Crippen LogP contribution in [0.5, 0.6) is 11.5 Å². The summed E-state index contributed by atoms with van der Waals surface area (Å²) in [4.78, 5) is 36.6. The van der Waals surface area contributed by atoms with Crippen molar-refractivity contribution in [3.8, 4) is 11.5 Å².